The average molecular weight is 342 g/mol. The third kappa shape index (κ3) is 4.47. The van der Waals surface area contributed by atoms with E-state index in [9.17, 15) is 4.79 Å². The van der Waals surface area contributed by atoms with Gasteiger partial charge in [-0.25, -0.2) is 9.97 Å². The van der Waals surface area contributed by atoms with E-state index in [2.05, 4.69) is 46.5 Å². The van der Waals surface area contributed by atoms with Crippen LogP contribution < -0.4 is 11.1 Å². The molecule has 126 valence electrons. The van der Waals surface area contributed by atoms with Crippen LogP contribution in [-0.2, 0) is 4.79 Å². The molecule has 1 amide bonds. The number of nitrogens with one attached hydrogen (secondary N) is 1. The highest BCUT2D eigenvalue weighted by Gasteiger charge is 2.33. The summed E-state index contributed by atoms with van der Waals surface area (Å²) in [6.45, 7) is 3.93. The van der Waals surface area contributed by atoms with E-state index in [0.717, 1.165) is 5.69 Å². The normalized spacial score (nSPS) is 15.1. The van der Waals surface area contributed by atoms with E-state index in [1.165, 1.54) is 35.7 Å². The van der Waals surface area contributed by atoms with Gasteiger partial charge in [-0.1, -0.05) is 41.6 Å². The maximum Gasteiger partial charge on any atom is 0.230 e. The fourth-order valence-corrected chi connectivity index (χ4v) is 3.37. The van der Waals surface area contributed by atoms with Crippen LogP contribution in [0.4, 0.5) is 5.82 Å². The summed E-state index contributed by atoms with van der Waals surface area (Å²) >= 11 is 1.31. The van der Waals surface area contributed by atoms with Crippen LogP contribution >= 0.6 is 11.8 Å². The van der Waals surface area contributed by atoms with Gasteiger partial charge in [0.2, 0.25) is 5.91 Å². The molecular weight excluding hydrogens is 320 g/mol. The van der Waals surface area contributed by atoms with Crippen LogP contribution in [0.1, 0.15) is 35.7 Å². The largest absolute Gasteiger partial charge is 0.384 e. The fourth-order valence-electron chi connectivity index (χ4n) is 2.65. The molecule has 3 N–H and O–H groups in total. The van der Waals surface area contributed by atoms with Gasteiger partial charge in [0.25, 0.3) is 0 Å². The summed E-state index contributed by atoms with van der Waals surface area (Å²) < 4.78 is 0. The lowest BCUT2D eigenvalue weighted by molar-refractivity contribution is -0.119. The second-order valence-electron chi connectivity index (χ2n) is 6.30. The molecule has 0 saturated heterocycles. The predicted octanol–water partition coefficient (Wildman–Crippen LogP) is 3.04. The first-order valence-electron chi connectivity index (χ1n) is 8.11. The second-order valence-corrected chi connectivity index (χ2v) is 7.24. The number of rotatable bonds is 6. The Balaban J connectivity index is 1.60. The molecule has 1 heterocycles. The molecule has 24 heavy (non-hydrogen) atoms. The third-order valence-electron chi connectivity index (χ3n) is 4.03. The van der Waals surface area contributed by atoms with Crippen molar-refractivity contribution < 1.29 is 4.79 Å². The number of carbonyl (C=O) groups excluding carboxylic acids is 1. The molecule has 1 fully saturated rings. The molecule has 0 spiro atoms. The monoisotopic (exact) mass is 342 g/mol. The first-order chi connectivity index (χ1) is 11.5. The molecule has 0 aliphatic heterocycles. The Hall–Kier alpha value is -2.08. The van der Waals surface area contributed by atoms with Crippen molar-refractivity contribution in [3.05, 3.63) is 47.2 Å². The van der Waals surface area contributed by atoms with Crippen LogP contribution in [0.3, 0.4) is 0 Å². The molecule has 1 aliphatic carbocycles. The molecule has 1 saturated carbocycles. The molecule has 0 radical (unpaired) electrons. The van der Waals surface area contributed by atoms with Crippen LogP contribution in [0.15, 0.2) is 35.5 Å². The van der Waals surface area contributed by atoms with E-state index in [-0.39, 0.29) is 17.7 Å². The van der Waals surface area contributed by atoms with E-state index in [0.29, 0.717) is 16.9 Å². The zero-order chi connectivity index (χ0) is 17.1. The number of anilines is 1. The van der Waals surface area contributed by atoms with Gasteiger partial charge >= 0.3 is 0 Å². The van der Waals surface area contributed by atoms with Crippen molar-refractivity contribution in [3.8, 4) is 0 Å². The van der Waals surface area contributed by atoms with E-state index in [4.69, 9.17) is 5.73 Å². The summed E-state index contributed by atoms with van der Waals surface area (Å²) in [4.78, 5) is 20.8. The highest BCUT2D eigenvalue weighted by atomic mass is 32.2. The van der Waals surface area contributed by atoms with Gasteiger partial charge in [-0.3, -0.25) is 4.79 Å². The summed E-state index contributed by atoms with van der Waals surface area (Å²) in [5, 5.41) is 3.71. The number of benzene rings is 1. The number of nitrogens with two attached hydrogens (primary N) is 1. The number of hydrogen-bond donors (Lipinski definition) is 2. The summed E-state index contributed by atoms with van der Waals surface area (Å²) in [6.07, 6.45) is 2.34. The van der Waals surface area contributed by atoms with Gasteiger partial charge in [-0.15, -0.1) is 0 Å². The Morgan fingerprint density at radius 3 is 2.62 bits per heavy atom. The number of amides is 1. The summed E-state index contributed by atoms with van der Waals surface area (Å²) in [7, 11) is 0. The number of hydrogen-bond acceptors (Lipinski definition) is 5. The van der Waals surface area contributed by atoms with Crippen molar-refractivity contribution in [2.24, 2.45) is 5.92 Å². The van der Waals surface area contributed by atoms with E-state index in [1.54, 1.807) is 6.07 Å². The van der Waals surface area contributed by atoms with Crippen LogP contribution in [0.25, 0.3) is 0 Å². The standard InChI is InChI=1S/C18H22N4OS/c1-11-3-5-13(6-4-11)17(14-7-8-14)22-16(23)10-24-18-20-12(2)9-15(19)21-18/h3-6,9,14,17H,7-8,10H2,1-2H3,(H,22,23)(H2,19,20,21). The summed E-state index contributed by atoms with van der Waals surface area (Å²) in [5.41, 5.74) is 8.93. The molecule has 1 aromatic carbocycles. The van der Waals surface area contributed by atoms with Gasteiger partial charge < -0.3 is 11.1 Å². The number of nitrogen functional groups attached to an aromatic ring is 1. The van der Waals surface area contributed by atoms with E-state index < -0.39 is 0 Å². The van der Waals surface area contributed by atoms with Gasteiger partial charge in [0, 0.05) is 11.8 Å². The molecule has 0 bridgehead atoms. The Labute approximate surface area is 146 Å². The molecule has 1 aromatic heterocycles. The van der Waals surface area contributed by atoms with E-state index >= 15 is 0 Å². The molecular formula is C18H22N4OS. The number of nitrogens with zero attached hydrogens (tertiary/aromatic N) is 2. The molecule has 1 aliphatic rings. The zero-order valence-electron chi connectivity index (χ0n) is 14.0. The number of carbonyl (C=O) groups is 1. The van der Waals surface area contributed by atoms with E-state index in [1.807, 2.05) is 6.92 Å². The number of thioether (sulfide) groups is 1. The van der Waals surface area contributed by atoms with Crippen molar-refractivity contribution in [2.75, 3.05) is 11.5 Å². The topological polar surface area (TPSA) is 80.9 Å². The lowest BCUT2D eigenvalue weighted by atomic mass is 10.0. The number of aryl methyl sites for hydroxylation is 2. The average Bonchev–Trinajstić information content (AvgIpc) is 3.35. The minimum absolute atomic E-state index is 0.00107. The minimum Gasteiger partial charge on any atom is -0.384 e. The maximum absolute atomic E-state index is 12.4. The van der Waals surface area contributed by atoms with Crippen LogP contribution in [0, 0.1) is 19.8 Å². The van der Waals surface area contributed by atoms with Crippen molar-refractivity contribution >= 4 is 23.5 Å². The molecule has 5 nitrogen and oxygen atoms in total. The summed E-state index contributed by atoms with van der Waals surface area (Å²) in [6, 6.07) is 10.2. The van der Waals surface area contributed by atoms with Crippen molar-refractivity contribution in [3.63, 3.8) is 0 Å². The zero-order valence-corrected chi connectivity index (χ0v) is 14.8. The first-order valence-corrected chi connectivity index (χ1v) is 9.10. The quantitative estimate of drug-likeness (QED) is 0.623. The molecule has 6 heteroatoms. The molecule has 1 unspecified atom stereocenters. The lowest BCUT2D eigenvalue weighted by Gasteiger charge is -2.19. The Bertz CT molecular complexity index is 708. The van der Waals surface area contributed by atoms with Crippen molar-refractivity contribution in [1.82, 2.24) is 15.3 Å². The molecule has 3 rings (SSSR count). The van der Waals surface area contributed by atoms with Gasteiger partial charge in [0.05, 0.1) is 11.8 Å². The van der Waals surface area contributed by atoms with Crippen LogP contribution in [-0.4, -0.2) is 21.6 Å². The summed E-state index contributed by atoms with van der Waals surface area (Å²) in [5.74, 6) is 1.27. The van der Waals surface area contributed by atoms with Crippen LogP contribution in [0.2, 0.25) is 0 Å². The first kappa shape index (κ1) is 16.8. The Kier molecular flexibility index (Phi) is 5.04. The van der Waals surface area contributed by atoms with Gasteiger partial charge in [-0.05, 0) is 38.2 Å². The van der Waals surface area contributed by atoms with Gasteiger partial charge in [-0.2, -0.15) is 0 Å². The molecule has 1 atom stereocenters. The maximum atomic E-state index is 12.4. The van der Waals surface area contributed by atoms with Crippen molar-refractivity contribution in [1.29, 1.82) is 0 Å². The fraction of sp³-hybridized carbons (Fsp3) is 0.389. The highest BCUT2D eigenvalue weighted by Crippen LogP contribution is 2.41. The lowest BCUT2D eigenvalue weighted by Crippen LogP contribution is -2.31. The highest BCUT2D eigenvalue weighted by molar-refractivity contribution is 7.99. The molecule has 2 aromatic rings. The van der Waals surface area contributed by atoms with Crippen molar-refractivity contribution in [2.45, 2.75) is 37.9 Å². The SMILES string of the molecule is Cc1ccc(C(NC(=O)CSc2nc(C)cc(N)n2)C2CC2)cc1. The van der Waals surface area contributed by atoms with Gasteiger partial charge in [0.15, 0.2) is 5.16 Å². The Morgan fingerprint density at radius 1 is 1.29 bits per heavy atom. The minimum atomic E-state index is 0.00107. The smallest absolute Gasteiger partial charge is 0.230 e. The Morgan fingerprint density at radius 2 is 2.00 bits per heavy atom. The third-order valence-corrected chi connectivity index (χ3v) is 4.88. The van der Waals surface area contributed by atoms with Gasteiger partial charge in [0.1, 0.15) is 5.82 Å². The number of aromatic nitrogens is 2. The van der Waals surface area contributed by atoms with Crippen LogP contribution in [0.5, 0.6) is 0 Å². The predicted molar refractivity (Wildman–Crippen MR) is 96.7 cm³/mol. The second kappa shape index (κ2) is 7.21.